The van der Waals surface area contributed by atoms with Crippen LogP contribution in [0.3, 0.4) is 0 Å². The summed E-state index contributed by atoms with van der Waals surface area (Å²) in [5, 5.41) is 0. The van der Waals surface area contributed by atoms with Crippen molar-refractivity contribution in [3.05, 3.63) is 47.9 Å². The Hall–Kier alpha value is -2.23. The van der Waals surface area contributed by atoms with Crippen molar-refractivity contribution in [1.82, 2.24) is 15.0 Å². The molecular weight excluding hydrogens is 217 g/mol. The van der Waals surface area contributed by atoms with Gasteiger partial charge in [-0.25, -0.2) is 14.4 Å². The third kappa shape index (κ3) is 1.67. The van der Waals surface area contributed by atoms with Crippen LogP contribution in [-0.2, 0) is 0 Å². The molecule has 0 aliphatic carbocycles. The molecule has 2 aromatic heterocycles. The summed E-state index contributed by atoms with van der Waals surface area (Å²) in [5.41, 5.74) is 2.93. The highest BCUT2D eigenvalue weighted by Crippen LogP contribution is 2.22. The monoisotopic (exact) mass is 227 g/mol. The van der Waals surface area contributed by atoms with Crippen molar-refractivity contribution in [2.24, 2.45) is 0 Å². The van der Waals surface area contributed by atoms with Crippen molar-refractivity contribution < 1.29 is 4.39 Å². The largest absolute Gasteiger partial charge is 0.336 e. The second-order valence-electron chi connectivity index (χ2n) is 3.95. The van der Waals surface area contributed by atoms with E-state index in [1.807, 2.05) is 13.0 Å². The first-order valence-electron chi connectivity index (χ1n) is 5.31. The van der Waals surface area contributed by atoms with E-state index in [1.165, 1.54) is 6.07 Å². The van der Waals surface area contributed by atoms with Crippen LogP contribution in [0.2, 0.25) is 0 Å². The topological polar surface area (TPSA) is 41.6 Å². The minimum absolute atomic E-state index is 0.289. The first kappa shape index (κ1) is 9.96. The van der Waals surface area contributed by atoms with Crippen molar-refractivity contribution in [3.63, 3.8) is 0 Å². The number of halogens is 1. The molecule has 0 saturated carbocycles. The van der Waals surface area contributed by atoms with E-state index in [9.17, 15) is 4.39 Å². The molecule has 17 heavy (non-hydrogen) atoms. The molecule has 0 bridgehead atoms. The molecule has 0 atom stereocenters. The van der Waals surface area contributed by atoms with Gasteiger partial charge < -0.3 is 4.98 Å². The number of rotatable bonds is 1. The van der Waals surface area contributed by atoms with Gasteiger partial charge in [0.25, 0.3) is 0 Å². The quantitative estimate of drug-likeness (QED) is 0.694. The zero-order valence-electron chi connectivity index (χ0n) is 9.24. The minimum atomic E-state index is -0.289. The number of benzene rings is 1. The average Bonchev–Trinajstić information content (AvgIpc) is 2.72. The number of nitrogens with one attached hydrogen (secondary N) is 1. The van der Waals surface area contributed by atoms with Crippen molar-refractivity contribution in [2.45, 2.75) is 6.92 Å². The fraction of sp³-hybridized carbons (Fsp3) is 0.0769. The van der Waals surface area contributed by atoms with Gasteiger partial charge in [-0.05, 0) is 30.7 Å². The summed E-state index contributed by atoms with van der Waals surface area (Å²) in [5.74, 6) is 0.222. The number of pyridine rings is 1. The normalized spacial score (nSPS) is 10.9. The van der Waals surface area contributed by atoms with Crippen molar-refractivity contribution in [1.29, 1.82) is 0 Å². The summed E-state index contributed by atoms with van der Waals surface area (Å²) in [6.07, 6.45) is 1.74. The van der Waals surface area contributed by atoms with Crippen LogP contribution >= 0.6 is 0 Å². The van der Waals surface area contributed by atoms with E-state index in [4.69, 9.17) is 0 Å². The van der Waals surface area contributed by atoms with Crippen LogP contribution in [-0.4, -0.2) is 15.0 Å². The zero-order chi connectivity index (χ0) is 11.8. The highest BCUT2D eigenvalue weighted by molar-refractivity contribution is 5.76. The first-order chi connectivity index (χ1) is 8.24. The maximum absolute atomic E-state index is 13.6. The number of fused-ring (bicyclic) bond motifs is 1. The molecule has 3 rings (SSSR count). The maximum Gasteiger partial charge on any atom is 0.178 e. The van der Waals surface area contributed by atoms with E-state index in [2.05, 4.69) is 15.0 Å². The predicted octanol–water partition coefficient (Wildman–Crippen LogP) is 3.07. The van der Waals surface area contributed by atoms with Crippen LogP contribution in [0.1, 0.15) is 5.56 Å². The number of H-pyrrole nitrogens is 1. The average molecular weight is 227 g/mol. The molecule has 84 valence electrons. The van der Waals surface area contributed by atoms with Crippen LogP contribution < -0.4 is 0 Å². The number of aryl methyl sites for hydroxylation is 1. The van der Waals surface area contributed by atoms with Crippen LogP contribution in [0.15, 0.2) is 36.5 Å². The molecule has 0 fully saturated rings. The molecule has 4 heteroatoms. The van der Waals surface area contributed by atoms with Gasteiger partial charge in [0, 0.05) is 6.20 Å². The van der Waals surface area contributed by atoms with Gasteiger partial charge in [0.15, 0.2) is 5.65 Å². The van der Waals surface area contributed by atoms with E-state index in [0.29, 0.717) is 17.0 Å². The van der Waals surface area contributed by atoms with E-state index >= 15 is 0 Å². The molecule has 0 aliphatic rings. The van der Waals surface area contributed by atoms with Gasteiger partial charge in [0.05, 0.1) is 11.1 Å². The number of nitrogens with zero attached hydrogens (tertiary/aromatic N) is 2. The Morgan fingerprint density at radius 1 is 1.24 bits per heavy atom. The molecule has 3 aromatic rings. The predicted molar refractivity (Wildman–Crippen MR) is 64.0 cm³/mol. The van der Waals surface area contributed by atoms with Crippen LogP contribution in [0.25, 0.3) is 22.6 Å². The van der Waals surface area contributed by atoms with E-state index in [-0.39, 0.29) is 5.82 Å². The number of aromatic nitrogens is 3. The molecule has 0 unspecified atom stereocenters. The second kappa shape index (κ2) is 3.66. The summed E-state index contributed by atoms with van der Waals surface area (Å²) in [6, 6.07) is 8.49. The summed E-state index contributed by atoms with van der Waals surface area (Å²) >= 11 is 0. The Labute approximate surface area is 97.3 Å². The van der Waals surface area contributed by atoms with E-state index in [1.54, 1.807) is 24.4 Å². The van der Waals surface area contributed by atoms with E-state index in [0.717, 1.165) is 11.1 Å². The Kier molecular flexibility index (Phi) is 2.14. The lowest BCUT2D eigenvalue weighted by molar-refractivity contribution is 0.630. The Bertz CT molecular complexity index is 688. The molecule has 0 saturated heterocycles. The van der Waals surface area contributed by atoms with Crippen molar-refractivity contribution in [2.75, 3.05) is 0 Å². The summed E-state index contributed by atoms with van der Waals surface area (Å²) in [4.78, 5) is 11.5. The molecule has 0 spiro atoms. The Morgan fingerprint density at radius 3 is 2.88 bits per heavy atom. The molecule has 3 nitrogen and oxygen atoms in total. The van der Waals surface area contributed by atoms with Gasteiger partial charge in [0.1, 0.15) is 11.6 Å². The lowest BCUT2D eigenvalue weighted by Crippen LogP contribution is -1.84. The third-order valence-corrected chi connectivity index (χ3v) is 2.60. The van der Waals surface area contributed by atoms with Crippen LogP contribution in [0.5, 0.6) is 0 Å². The number of imidazole rings is 1. The van der Waals surface area contributed by atoms with E-state index < -0.39 is 0 Å². The van der Waals surface area contributed by atoms with Gasteiger partial charge in [-0.15, -0.1) is 0 Å². The standard InChI is InChI=1S/C13H10FN3/c1-8-6-11-13(15-7-8)17-12(16-11)9-4-2-3-5-10(9)14/h2-7H,1H3,(H,15,16,17). The van der Waals surface area contributed by atoms with Crippen molar-refractivity contribution in [3.8, 4) is 11.4 Å². The SMILES string of the molecule is Cc1cnc2nc(-c3ccccc3F)[nH]c2c1. The Balaban J connectivity index is 2.22. The number of hydrogen-bond acceptors (Lipinski definition) is 2. The molecule has 1 aromatic carbocycles. The third-order valence-electron chi connectivity index (χ3n) is 2.60. The summed E-state index contributed by atoms with van der Waals surface area (Å²) < 4.78 is 13.6. The number of aromatic amines is 1. The lowest BCUT2D eigenvalue weighted by atomic mass is 10.2. The minimum Gasteiger partial charge on any atom is -0.336 e. The van der Waals surface area contributed by atoms with Crippen LogP contribution in [0.4, 0.5) is 4.39 Å². The molecule has 0 aliphatic heterocycles. The molecule has 0 amide bonds. The maximum atomic E-state index is 13.6. The molecular formula is C13H10FN3. The van der Waals surface area contributed by atoms with Gasteiger partial charge in [-0.2, -0.15) is 0 Å². The number of hydrogen-bond donors (Lipinski definition) is 1. The van der Waals surface area contributed by atoms with Gasteiger partial charge in [0.2, 0.25) is 0 Å². The fourth-order valence-electron chi connectivity index (χ4n) is 1.79. The van der Waals surface area contributed by atoms with Crippen LogP contribution in [0, 0.1) is 12.7 Å². The first-order valence-corrected chi connectivity index (χ1v) is 5.31. The summed E-state index contributed by atoms with van der Waals surface area (Å²) in [7, 11) is 0. The Morgan fingerprint density at radius 2 is 2.06 bits per heavy atom. The smallest absolute Gasteiger partial charge is 0.178 e. The highest BCUT2D eigenvalue weighted by atomic mass is 19.1. The molecule has 0 radical (unpaired) electrons. The zero-order valence-corrected chi connectivity index (χ0v) is 9.24. The highest BCUT2D eigenvalue weighted by Gasteiger charge is 2.09. The van der Waals surface area contributed by atoms with Gasteiger partial charge in [-0.3, -0.25) is 0 Å². The summed E-state index contributed by atoms with van der Waals surface area (Å²) in [6.45, 7) is 1.95. The molecule has 2 heterocycles. The molecule has 1 N–H and O–H groups in total. The van der Waals surface area contributed by atoms with Gasteiger partial charge >= 0.3 is 0 Å². The van der Waals surface area contributed by atoms with Gasteiger partial charge in [-0.1, -0.05) is 12.1 Å². The second-order valence-corrected chi connectivity index (χ2v) is 3.95. The fourth-order valence-corrected chi connectivity index (χ4v) is 1.79. The van der Waals surface area contributed by atoms with Crippen molar-refractivity contribution >= 4 is 11.2 Å². The lowest BCUT2D eigenvalue weighted by Gasteiger charge is -1.96.